The van der Waals surface area contributed by atoms with Gasteiger partial charge in [-0.2, -0.15) is 5.10 Å². The molecule has 20 nitrogen and oxygen atoms in total. The van der Waals surface area contributed by atoms with Gasteiger partial charge in [0, 0.05) is 57.2 Å². The normalized spacial score (nSPS) is 16.7. The summed E-state index contributed by atoms with van der Waals surface area (Å²) in [7, 11) is 4.86. The molecule has 2 aliphatic rings. The fourth-order valence-corrected chi connectivity index (χ4v) is 10.3. The van der Waals surface area contributed by atoms with Gasteiger partial charge in [0.1, 0.15) is 24.2 Å². The number of methoxy groups -OCH3 is 1. The molecular weight excluding hydrogens is 997 g/mol. The van der Waals surface area contributed by atoms with Gasteiger partial charge in [-0.05, 0) is 100.0 Å². The van der Waals surface area contributed by atoms with E-state index in [-0.39, 0.29) is 54.8 Å². The van der Waals surface area contributed by atoms with Gasteiger partial charge in [-0.3, -0.25) is 23.9 Å². The summed E-state index contributed by atoms with van der Waals surface area (Å²) in [5.41, 5.74) is 6.59. The van der Waals surface area contributed by atoms with Crippen LogP contribution in [-0.2, 0) is 21.4 Å². The third-order valence-corrected chi connectivity index (χ3v) is 14.8. The summed E-state index contributed by atoms with van der Waals surface area (Å²) in [6.07, 6.45) is 6.17. The molecule has 6 N–H and O–H groups in total. The number of thiazole rings is 1. The number of hydrogen-bond donors (Lipinski definition) is 6. The predicted molar refractivity (Wildman–Crippen MR) is 295 cm³/mol. The molecule has 2 aliphatic heterocycles. The second kappa shape index (κ2) is 24.9. The number of likely N-dealkylation sites (tertiary alicyclic amines) is 2. The van der Waals surface area contributed by atoms with E-state index < -0.39 is 29.5 Å². The van der Waals surface area contributed by atoms with Crippen molar-refractivity contribution >= 4 is 58.0 Å². The van der Waals surface area contributed by atoms with Crippen LogP contribution >= 0.6 is 11.3 Å². The molecule has 0 aliphatic carbocycles. The van der Waals surface area contributed by atoms with Crippen molar-refractivity contribution in [1.82, 2.24) is 60.7 Å². The first-order chi connectivity index (χ1) is 37.0. The highest BCUT2D eigenvalue weighted by molar-refractivity contribution is 7.13. The number of aliphatic hydroxyl groups excluding tert-OH is 1. The van der Waals surface area contributed by atoms with E-state index in [0.717, 1.165) is 66.2 Å². The van der Waals surface area contributed by atoms with Crippen molar-refractivity contribution < 1.29 is 29.0 Å². The summed E-state index contributed by atoms with van der Waals surface area (Å²) < 4.78 is 7.37. The smallest absolute Gasteiger partial charge is 0.273 e. The second-order valence-corrected chi connectivity index (χ2v) is 21.5. The molecule has 21 heteroatoms. The Morgan fingerprint density at radius 1 is 0.935 bits per heavy atom. The number of aliphatic hydroxyl groups is 1. The number of amides is 4. The van der Waals surface area contributed by atoms with Gasteiger partial charge in [0.15, 0.2) is 23.1 Å². The Hall–Kier alpha value is -7.80. The minimum atomic E-state index is -0.883. The number of rotatable bonds is 18. The number of piperidine rings is 1. The van der Waals surface area contributed by atoms with E-state index in [2.05, 4.69) is 73.6 Å². The standard InChI is InChI=1S/C56H68N14O6S/c1-34(38-18-20-39(21-19-38)50-35(2)60-33-77-50)61-53(73)44-28-40(71)31-70(44)55(75)51(56(3,4)5)64-47(72)14-9-10-25-69-26-23-36(24-27-69)15-16-37-17-22-45(58-30-37)63-46-29-43(48(66-65-46)54(74)57-6)62-42-13-11-12-41(49(42)76-8)52-59-32-68(7)67-52/h11-13,17-22,29-30,32-34,36,40,44,51,71H,9-10,14,23-28,31H2,1-8H3,(H,57,74)(H,61,73)(H,64,72)(H2,58,62,63,65)/t34-,40+,44-,51+/m0/s1. The molecule has 4 amide bonds. The minimum Gasteiger partial charge on any atom is -0.494 e. The molecule has 77 heavy (non-hydrogen) atoms. The van der Waals surface area contributed by atoms with Crippen LogP contribution in [0.4, 0.5) is 23.0 Å². The summed E-state index contributed by atoms with van der Waals surface area (Å²) >= 11 is 1.58. The van der Waals surface area contributed by atoms with Gasteiger partial charge in [0.25, 0.3) is 5.91 Å². The lowest BCUT2D eigenvalue weighted by Crippen LogP contribution is -2.57. The number of carbonyl (C=O) groups excluding carboxylic acids is 4. The van der Waals surface area contributed by atoms with E-state index in [4.69, 9.17) is 4.74 Å². The molecule has 2 saturated heterocycles. The average molecular weight is 1070 g/mol. The van der Waals surface area contributed by atoms with Gasteiger partial charge in [-0.15, -0.1) is 21.5 Å². The van der Waals surface area contributed by atoms with Gasteiger partial charge >= 0.3 is 0 Å². The molecule has 404 valence electrons. The summed E-state index contributed by atoms with van der Waals surface area (Å²) in [5.74, 6) is 7.45. The maximum atomic E-state index is 14.2. The van der Waals surface area contributed by atoms with E-state index in [1.807, 2.05) is 94.7 Å². The maximum Gasteiger partial charge on any atom is 0.273 e. The number of ether oxygens (including phenoxy) is 1. The lowest BCUT2D eigenvalue weighted by Gasteiger charge is -2.35. The molecule has 0 bridgehead atoms. The molecule has 4 aromatic heterocycles. The number of anilines is 4. The van der Waals surface area contributed by atoms with E-state index in [1.165, 1.54) is 11.9 Å². The minimum absolute atomic E-state index is 0.0131. The van der Waals surface area contributed by atoms with E-state index >= 15 is 0 Å². The molecule has 0 spiro atoms. The van der Waals surface area contributed by atoms with Gasteiger partial charge in [-0.1, -0.05) is 62.9 Å². The molecular formula is C56H68N14O6S. The number of β-amino-alcohol motifs (C(OH)–C–C–N with tert-alkyl or cyclic N) is 1. The van der Waals surface area contributed by atoms with Crippen molar-refractivity contribution in [2.75, 3.05) is 51.0 Å². The number of unbranched alkanes of at least 4 members (excludes halogenated alkanes) is 1. The Kier molecular flexibility index (Phi) is 17.9. The fraction of sp³-hybridized carbons (Fsp3) is 0.429. The third-order valence-electron chi connectivity index (χ3n) is 13.8. The zero-order valence-electron chi connectivity index (χ0n) is 44.9. The van der Waals surface area contributed by atoms with Crippen LogP contribution in [0.5, 0.6) is 5.75 Å². The van der Waals surface area contributed by atoms with Crippen molar-refractivity contribution in [3.05, 3.63) is 101 Å². The van der Waals surface area contributed by atoms with Crippen LogP contribution in [0.3, 0.4) is 0 Å². The SMILES string of the molecule is CNC(=O)c1nnc(Nc2ccc(C#CC3CCN(CCCCC(=O)N[C@H](C(=O)N4C[C@H](O)C[C@H]4C(=O)N[C@@H](C)c4ccc(-c5scnc5C)cc4)C(C)(C)C)CC3)cn2)cc1Nc1cccc(-c2ncn(C)n2)c1OC. The van der Waals surface area contributed by atoms with Crippen LogP contribution in [0.2, 0.25) is 0 Å². The Balaban J connectivity index is 0.776. The molecule has 6 heterocycles. The van der Waals surface area contributed by atoms with Crippen LogP contribution in [-0.4, -0.2) is 132 Å². The van der Waals surface area contributed by atoms with Gasteiger partial charge < -0.3 is 46.2 Å². The van der Waals surface area contributed by atoms with Crippen molar-refractivity contribution in [2.24, 2.45) is 18.4 Å². The number of nitrogens with one attached hydrogen (secondary N) is 5. The van der Waals surface area contributed by atoms with Crippen molar-refractivity contribution in [3.8, 4) is 39.4 Å². The van der Waals surface area contributed by atoms with Crippen LogP contribution in [0.15, 0.2) is 78.7 Å². The number of nitrogens with zero attached hydrogens (tertiary/aromatic N) is 9. The van der Waals surface area contributed by atoms with Crippen molar-refractivity contribution in [1.29, 1.82) is 0 Å². The third kappa shape index (κ3) is 14.0. The molecule has 0 radical (unpaired) electrons. The Labute approximate surface area is 453 Å². The summed E-state index contributed by atoms with van der Waals surface area (Å²) in [4.78, 5) is 72.4. The molecule has 2 fully saturated rings. The fourth-order valence-electron chi connectivity index (χ4n) is 9.50. The molecule has 6 aromatic rings. The summed E-state index contributed by atoms with van der Waals surface area (Å²) in [6.45, 7) is 12.2. The average Bonchev–Trinajstić information content (AvgIpc) is 4.18. The summed E-state index contributed by atoms with van der Waals surface area (Å²) in [5, 5.41) is 38.7. The first kappa shape index (κ1) is 55.4. The highest BCUT2D eigenvalue weighted by Gasteiger charge is 2.44. The number of aryl methyl sites for hydroxylation is 2. The van der Waals surface area contributed by atoms with Crippen molar-refractivity contribution in [2.45, 2.75) is 97.4 Å². The van der Waals surface area contributed by atoms with Gasteiger partial charge in [0.2, 0.25) is 17.7 Å². The van der Waals surface area contributed by atoms with Gasteiger partial charge in [0.05, 0.1) is 52.3 Å². The molecule has 4 atom stereocenters. The predicted octanol–water partition coefficient (Wildman–Crippen LogP) is 6.56. The van der Waals surface area contributed by atoms with E-state index in [9.17, 15) is 24.3 Å². The Morgan fingerprint density at radius 3 is 2.38 bits per heavy atom. The molecule has 0 unspecified atom stereocenters. The Bertz CT molecular complexity index is 3100. The van der Waals surface area contributed by atoms with Crippen LogP contribution < -0.4 is 31.3 Å². The lowest BCUT2D eigenvalue weighted by atomic mass is 9.85. The van der Waals surface area contributed by atoms with E-state index in [1.54, 1.807) is 48.8 Å². The van der Waals surface area contributed by atoms with Crippen LogP contribution in [0, 0.1) is 30.1 Å². The van der Waals surface area contributed by atoms with Crippen molar-refractivity contribution in [3.63, 3.8) is 0 Å². The topological polar surface area (TPSA) is 247 Å². The number of pyridine rings is 1. The highest BCUT2D eigenvalue weighted by atomic mass is 32.1. The van der Waals surface area contributed by atoms with Crippen LogP contribution in [0.1, 0.15) is 99.6 Å². The lowest BCUT2D eigenvalue weighted by molar-refractivity contribution is -0.144. The molecule has 0 saturated carbocycles. The van der Waals surface area contributed by atoms with Gasteiger partial charge in [-0.25, -0.2) is 15.0 Å². The number of para-hydroxylation sites is 1. The number of benzene rings is 2. The zero-order valence-corrected chi connectivity index (χ0v) is 45.7. The van der Waals surface area contributed by atoms with E-state index in [0.29, 0.717) is 46.6 Å². The largest absolute Gasteiger partial charge is 0.494 e. The second-order valence-electron chi connectivity index (χ2n) is 20.6. The first-order valence-electron chi connectivity index (χ1n) is 25.9. The Morgan fingerprint density at radius 2 is 1.71 bits per heavy atom. The molecule has 2 aromatic carbocycles. The quantitative estimate of drug-likeness (QED) is 0.0394. The first-order valence-corrected chi connectivity index (χ1v) is 26.8. The maximum absolute atomic E-state index is 14.2. The zero-order chi connectivity index (χ0) is 54.8. The van der Waals surface area contributed by atoms with Crippen LogP contribution in [0.25, 0.3) is 21.8 Å². The highest BCUT2D eigenvalue weighted by Crippen LogP contribution is 2.37. The number of carbonyl (C=O) groups is 4. The summed E-state index contributed by atoms with van der Waals surface area (Å²) in [6, 6.07) is 16.8. The number of aromatic nitrogens is 7. The molecule has 8 rings (SSSR count). The monoisotopic (exact) mass is 1060 g/mol. The number of hydrogen-bond acceptors (Lipinski definition) is 16.